The van der Waals surface area contributed by atoms with Crippen LogP contribution in [0, 0.1) is 0 Å². The summed E-state index contributed by atoms with van der Waals surface area (Å²) < 4.78 is 0. The van der Waals surface area contributed by atoms with Gasteiger partial charge >= 0.3 is 0 Å². The third-order valence-electron chi connectivity index (χ3n) is 1.52. The average molecular weight is 232 g/mol. The highest BCUT2D eigenvalue weighted by Crippen LogP contribution is 2.11. The fourth-order valence-electron chi connectivity index (χ4n) is 0.879. The van der Waals surface area contributed by atoms with Crippen LogP contribution in [0.15, 0.2) is 24.3 Å². The summed E-state index contributed by atoms with van der Waals surface area (Å²) in [5, 5.41) is 2.00. The first kappa shape index (κ1) is 11.0. The summed E-state index contributed by atoms with van der Waals surface area (Å²) in [6.07, 6.45) is 0. The van der Waals surface area contributed by atoms with Crippen molar-refractivity contribution in [2.45, 2.75) is 0 Å². The lowest BCUT2D eigenvalue weighted by Gasteiger charge is -2.02. The number of carbonyl (C=O) groups excluding carboxylic acids is 2. The van der Waals surface area contributed by atoms with Gasteiger partial charge in [0.25, 0.3) is 5.24 Å². The summed E-state index contributed by atoms with van der Waals surface area (Å²) in [6, 6.07) is 6.22. The first-order chi connectivity index (χ1) is 6.63. The van der Waals surface area contributed by atoms with E-state index in [1.807, 2.05) is 0 Å². The average Bonchev–Trinajstić information content (AvgIpc) is 2.18. The van der Waals surface area contributed by atoms with E-state index in [-0.39, 0.29) is 11.8 Å². The molecule has 14 heavy (non-hydrogen) atoms. The third kappa shape index (κ3) is 3.01. The molecule has 0 saturated heterocycles. The van der Waals surface area contributed by atoms with E-state index in [1.165, 1.54) is 12.1 Å². The topological polar surface area (TPSA) is 46.2 Å². The number of carbonyl (C=O) groups is 2. The van der Waals surface area contributed by atoms with Crippen LogP contribution in [0.1, 0.15) is 10.4 Å². The maximum absolute atomic E-state index is 10.9. The van der Waals surface area contributed by atoms with Crippen molar-refractivity contribution >= 4 is 40.0 Å². The predicted octanol–water partition coefficient (Wildman–Crippen LogP) is 2.24. The van der Waals surface area contributed by atoms with Gasteiger partial charge < -0.3 is 5.32 Å². The van der Waals surface area contributed by atoms with Crippen molar-refractivity contribution in [1.29, 1.82) is 0 Å². The molecule has 1 amide bonds. The number of amides is 1. The van der Waals surface area contributed by atoms with Crippen LogP contribution in [-0.2, 0) is 4.79 Å². The number of hydrogen-bond acceptors (Lipinski definition) is 2. The second kappa shape index (κ2) is 4.98. The summed E-state index contributed by atoms with van der Waals surface area (Å²) in [5.41, 5.74) is 0.966. The van der Waals surface area contributed by atoms with E-state index in [0.29, 0.717) is 11.3 Å². The van der Waals surface area contributed by atoms with Crippen LogP contribution in [0.3, 0.4) is 0 Å². The number of anilines is 1. The molecule has 5 heteroatoms. The lowest BCUT2D eigenvalue weighted by molar-refractivity contribution is -0.113. The van der Waals surface area contributed by atoms with E-state index < -0.39 is 5.24 Å². The van der Waals surface area contributed by atoms with Crippen LogP contribution in [0.4, 0.5) is 5.69 Å². The molecule has 0 aliphatic rings. The number of alkyl halides is 1. The first-order valence-electron chi connectivity index (χ1n) is 3.79. The summed E-state index contributed by atoms with van der Waals surface area (Å²) in [7, 11) is 0. The standard InChI is InChI=1S/C9H7Cl2NO2/c10-5-8(13)12-7-3-1-6(2-4-7)9(11)14/h1-4H,5H2,(H,12,13). The maximum Gasteiger partial charge on any atom is 0.252 e. The van der Waals surface area contributed by atoms with E-state index in [9.17, 15) is 9.59 Å². The molecule has 1 aromatic carbocycles. The van der Waals surface area contributed by atoms with Gasteiger partial charge in [0.2, 0.25) is 5.91 Å². The first-order valence-corrected chi connectivity index (χ1v) is 4.70. The van der Waals surface area contributed by atoms with Crippen molar-refractivity contribution in [2.24, 2.45) is 0 Å². The van der Waals surface area contributed by atoms with E-state index in [4.69, 9.17) is 23.2 Å². The highest BCUT2D eigenvalue weighted by molar-refractivity contribution is 6.67. The fourth-order valence-corrected chi connectivity index (χ4v) is 1.07. The fraction of sp³-hybridized carbons (Fsp3) is 0.111. The Labute approximate surface area is 91.0 Å². The van der Waals surface area contributed by atoms with Crippen LogP contribution in [0.2, 0.25) is 0 Å². The molecule has 0 aliphatic heterocycles. The van der Waals surface area contributed by atoms with Crippen molar-refractivity contribution < 1.29 is 9.59 Å². The molecule has 0 aromatic heterocycles. The van der Waals surface area contributed by atoms with Crippen molar-refractivity contribution in [3.8, 4) is 0 Å². The number of rotatable bonds is 3. The second-order valence-electron chi connectivity index (χ2n) is 2.53. The zero-order valence-corrected chi connectivity index (χ0v) is 8.60. The van der Waals surface area contributed by atoms with Gasteiger partial charge in [-0.05, 0) is 35.9 Å². The molecule has 1 rings (SSSR count). The van der Waals surface area contributed by atoms with Crippen LogP contribution < -0.4 is 5.32 Å². The Bertz CT molecular complexity index is 348. The molecule has 3 nitrogen and oxygen atoms in total. The SMILES string of the molecule is O=C(CCl)Nc1ccc(C(=O)Cl)cc1. The van der Waals surface area contributed by atoms with Gasteiger partial charge in [-0.15, -0.1) is 11.6 Å². The molecule has 0 bridgehead atoms. The minimum absolute atomic E-state index is 0.101. The third-order valence-corrected chi connectivity index (χ3v) is 1.98. The van der Waals surface area contributed by atoms with Crippen molar-refractivity contribution in [1.82, 2.24) is 0 Å². The minimum Gasteiger partial charge on any atom is -0.325 e. The van der Waals surface area contributed by atoms with Gasteiger partial charge in [0.1, 0.15) is 5.88 Å². The van der Waals surface area contributed by atoms with Crippen LogP contribution in [-0.4, -0.2) is 17.0 Å². The van der Waals surface area contributed by atoms with Gasteiger partial charge in [-0.3, -0.25) is 9.59 Å². The molecule has 0 fully saturated rings. The van der Waals surface area contributed by atoms with Crippen LogP contribution >= 0.6 is 23.2 Å². The smallest absolute Gasteiger partial charge is 0.252 e. The predicted molar refractivity (Wildman–Crippen MR) is 56.0 cm³/mol. The Balaban J connectivity index is 2.73. The molecule has 0 aliphatic carbocycles. The molecule has 0 heterocycles. The Kier molecular flexibility index (Phi) is 3.92. The molecule has 0 unspecified atom stereocenters. The van der Waals surface area contributed by atoms with Gasteiger partial charge in [-0.2, -0.15) is 0 Å². The number of benzene rings is 1. The van der Waals surface area contributed by atoms with E-state index in [0.717, 1.165) is 0 Å². The largest absolute Gasteiger partial charge is 0.325 e. The van der Waals surface area contributed by atoms with Crippen molar-refractivity contribution in [3.63, 3.8) is 0 Å². The quantitative estimate of drug-likeness (QED) is 0.641. The molecule has 1 aromatic rings. The Morgan fingerprint density at radius 3 is 2.21 bits per heavy atom. The molecule has 0 saturated carbocycles. The van der Waals surface area contributed by atoms with Gasteiger partial charge in [0, 0.05) is 11.3 Å². The van der Waals surface area contributed by atoms with E-state index in [2.05, 4.69) is 5.32 Å². The lowest BCUT2D eigenvalue weighted by Crippen LogP contribution is -2.12. The van der Waals surface area contributed by atoms with Crippen LogP contribution in [0.5, 0.6) is 0 Å². The van der Waals surface area contributed by atoms with Gasteiger partial charge in [-0.1, -0.05) is 0 Å². The van der Waals surface area contributed by atoms with E-state index in [1.54, 1.807) is 12.1 Å². The Hall–Kier alpha value is -1.06. The van der Waals surface area contributed by atoms with Gasteiger partial charge in [0.15, 0.2) is 0 Å². The lowest BCUT2D eigenvalue weighted by atomic mass is 10.2. The van der Waals surface area contributed by atoms with Crippen molar-refractivity contribution in [2.75, 3.05) is 11.2 Å². The number of nitrogens with one attached hydrogen (secondary N) is 1. The second-order valence-corrected chi connectivity index (χ2v) is 3.14. The molecular formula is C9H7Cl2NO2. The Morgan fingerprint density at radius 2 is 1.79 bits per heavy atom. The normalized spacial score (nSPS) is 9.57. The van der Waals surface area contributed by atoms with Gasteiger partial charge in [0.05, 0.1) is 0 Å². The zero-order chi connectivity index (χ0) is 10.6. The van der Waals surface area contributed by atoms with Crippen LogP contribution in [0.25, 0.3) is 0 Å². The van der Waals surface area contributed by atoms with Gasteiger partial charge in [-0.25, -0.2) is 0 Å². The highest BCUT2D eigenvalue weighted by Gasteiger charge is 2.02. The zero-order valence-electron chi connectivity index (χ0n) is 7.09. The number of hydrogen-bond donors (Lipinski definition) is 1. The molecule has 0 atom stereocenters. The number of halogens is 2. The molecular weight excluding hydrogens is 225 g/mol. The van der Waals surface area contributed by atoms with Crippen molar-refractivity contribution in [3.05, 3.63) is 29.8 Å². The summed E-state index contributed by atoms with van der Waals surface area (Å²) in [6.45, 7) is 0. The molecule has 1 N–H and O–H groups in total. The molecule has 0 radical (unpaired) electrons. The summed E-state index contributed by atoms with van der Waals surface area (Å²) in [4.78, 5) is 21.6. The summed E-state index contributed by atoms with van der Waals surface area (Å²) >= 11 is 10.5. The molecule has 74 valence electrons. The minimum atomic E-state index is -0.528. The Morgan fingerprint density at radius 1 is 1.21 bits per heavy atom. The monoisotopic (exact) mass is 231 g/mol. The maximum atomic E-state index is 10.9. The summed E-state index contributed by atoms with van der Waals surface area (Å²) in [5.74, 6) is -0.396. The highest BCUT2D eigenvalue weighted by atomic mass is 35.5. The molecule has 0 spiro atoms. The van der Waals surface area contributed by atoms with E-state index >= 15 is 0 Å².